The van der Waals surface area contributed by atoms with Gasteiger partial charge in [-0.1, -0.05) is 18.2 Å². The van der Waals surface area contributed by atoms with Crippen LogP contribution in [-0.2, 0) is 17.8 Å². The van der Waals surface area contributed by atoms with Gasteiger partial charge in [-0.15, -0.1) is 0 Å². The molecule has 0 radical (unpaired) electrons. The lowest BCUT2D eigenvalue weighted by Gasteiger charge is -2.36. The van der Waals surface area contributed by atoms with Crippen molar-refractivity contribution < 1.29 is 9.18 Å². The van der Waals surface area contributed by atoms with Crippen LogP contribution in [0.2, 0.25) is 0 Å². The fourth-order valence-corrected chi connectivity index (χ4v) is 3.41. The smallest absolute Gasteiger partial charge is 0.270 e. The number of Topliss-reactive ketones (excluding diaryl/α,β-unsaturated/α-hetero) is 1. The Bertz CT molecular complexity index is 805. The van der Waals surface area contributed by atoms with Crippen molar-refractivity contribution in [3.63, 3.8) is 0 Å². The highest BCUT2D eigenvalue weighted by molar-refractivity contribution is 5.83. The van der Waals surface area contributed by atoms with Crippen molar-refractivity contribution in [1.82, 2.24) is 14.9 Å². The molecule has 0 spiro atoms. The number of aromatic amines is 1. The minimum atomic E-state index is -0.323. The number of rotatable bonds is 5. The van der Waals surface area contributed by atoms with Crippen molar-refractivity contribution in [2.24, 2.45) is 5.92 Å². The molecule has 2 aromatic rings. The Labute approximate surface area is 145 Å². The van der Waals surface area contributed by atoms with Gasteiger partial charge in [0.2, 0.25) is 0 Å². The number of nitrogens with one attached hydrogen (secondary N) is 1. The molecule has 1 aromatic carbocycles. The lowest BCUT2D eigenvalue weighted by atomic mass is 9.85. The van der Waals surface area contributed by atoms with Crippen molar-refractivity contribution in [1.29, 1.82) is 0 Å². The van der Waals surface area contributed by atoms with Crippen LogP contribution >= 0.6 is 0 Å². The van der Waals surface area contributed by atoms with Gasteiger partial charge in [-0.05, 0) is 37.9 Å². The summed E-state index contributed by atoms with van der Waals surface area (Å²) in [7, 11) is 0. The van der Waals surface area contributed by atoms with Gasteiger partial charge in [-0.25, -0.2) is 4.39 Å². The zero-order chi connectivity index (χ0) is 17.8. The van der Waals surface area contributed by atoms with Gasteiger partial charge in [0.1, 0.15) is 17.3 Å². The first-order chi connectivity index (χ1) is 12.0. The van der Waals surface area contributed by atoms with Gasteiger partial charge >= 0.3 is 0 Å². The van der Waals surface area contributed by atoms with E-state index in [9.17, 15) is 14.0 Å². The van der Waals surface area contributed by atoms with Crippen LogP contribution in [-0.4, -0.2) is 33.2 Å². The summed E-state index contributed by atoms with van der Waals surface area (Å²) in [5, 5.41) is 0. The van der Waals surface area contributed by atoms with E-state index in [1.54, 1.807) is 24.4 Å². The van der Waals surface area contributed by atoms with Gasteiger partial charge in [0.25, 0.3) is 5.56 Å². The van der Waals surface area contributed by atoms with Gasteiger partial charge in [-0.2, -0.15) is 0 Å². The predicted octanol–water partition coefficient (Wildman–Crippen LogP) is 2.32. The first kappa shape index (κ1) is 17.5. The van der Waals surface area contributed by atoms with Gasteiger partial charge in [0, 0.05) is 37.3 Å². The molecular formula is C19H22FN3O2. The number of ketones is 1. The fourth-order valence-electron chi connectivity index (χ4n) is 3.41. The number of aromatic nitrogens is 2. The Balaban J connectivity index is 1.60. The summed E-state index contributed by atoms with van der Waals surface area (Å²) < 4.78 is 13.7. The highest BCUT2D eigenvalue weighted by Crippen LogP contribution is 2.26. The number of hydrogen-bond donors (Lipinski definition) is 1. The van der Waals surface area contributed by atoms with Crippen LogP contribution in [0.15, 0.2) is 41.5 Å². The second-order valence-electron chi connectivity index (χ2n) is 6.64. The van der Waals surface area contributed by atoms with Crippen LogP contribution in [0, 0.1) is 11.7 Å². The maximum atomic E-state index is 13.7. The van der Waals surface area contributed by atoms with E-state index in [1.165, 1.54) is 12.3 Å². The van der Waals surface area contributed by atoms with Crippen molar-refractivity contribution in [2.75, 3.05) is 6.54 Å². The molecule has 2 atom stereocenters. The van der Waals surface area contributed by atoms with E-state index < -0.39 is 0 Å². The van der Waals surface area contributed by atoms with Gasteiger partial charge < -0.3 is 4.98 Å². The maximum absolute atomic E-state index is 13.7. The third-order valence-corrected chi connectivity index (χ3v) is 4.93. The Morgan fingerprint density at radius 1 is 1.40 bits per heavy atom. The molecule has 1 saturated heterocycles. The molecule has 0 amide bonds. The monoisotopic (exact) mass is 343 g/mol. The quantitative estimate of drug-likeness (QED) is 0.905. The van der Waals surface area contributed by atoms with Crippen LogP contribution in [0.3, 0.4) is 0 Å². The molecule has 5 nitrogen and oxygen atoms in total. The van der Waals surface area contributed by atoms with Gasteiger partial charge in [0.15, 0.2) is 0 Å². The van der Waals surface area contributed by atoms with Crippen molar-refractivity contribution in [3.8, 4) is 0 Å². The van der Waals surface area contributed by atoms with E-state index in [1.807, 2.05) is 0 Å². The molecule has 6 heteroatoms. The topological polar surface area (TPSA) is 66.1 Å². The molecule has 3 rings (SSSR count). The Kier molecular flexibility index (Phi) is 5.38. The Morgan fingerprint density at radius 3 is 2.92 bits per heavy atom. The molecule has 1 aliphatic heterocycles. The minimum Gasteiger partial charge on any atom is -0.326 e. The summed E-state index contributed by atoms with van der Waals surface area (Å²) in [4.78, 5) is 33.2. The number of hydrogen-bond acceptors (Lipinski definition) is 4. The largest absolute Gasteiger partial charge is 0.326 e. The SMILES string of the molecule is C[C@@H]1C[C@H](C(=O)Cc2ccccc2F)CCN1Cc1ncc[nH]c1=O. The molecule has 132 valence electrons. The molecule has 2 heterocycles. The lowest BCUT2D eigenvalue weighted by Crippen LogP contribution is -2.43. The van der Waals surface area contributed by atoms with E-state index in [-0.39, 0.29) is 35.5 Å². The Morgan fingerprint density at radius 2 is 2.20 bits per heavy atom. The van der Waals surface area contributed by atoms with Crippen LogP contribution in [0.1, 0.15) is 31.0 Å². The number of H-pyrrole nitrogens is 1. The number of halogens is 1. The van der Waals surface area contributed by atoms with Crippen molar-refractivity contribution >= 4 is 5.78 Å². The number of benzene rings is 1. The molecule has 1 aliphatic rings. The van der Waals surface area contributed by atoms with Crippen LogP contribution in [0.25, 0.3) is 0 Å². The second-order valence-corrected chi connectivity index (χ2v) is 6.64. The number of carbonyl (C=O) groups is 1. The maximum Gasteiger partial charge on any atom is 0.270 e. The van der Waals surface area contributed by atoms with Crippen molar-refractivity contribution in [2.45, 2.75) is 38.8 Å². The number of carbonyl (C=O) groups excluding carboxylic acids is 1. The van der Waals surface area contributed by atoms with E-state index in [2.05, 4.69) is 21.8 Å². The average molecular weight is 343 g/mol. The van der Waals surface area contributed by atoms with Gasteiger partial charge in [0.05, 0.1) is 0 Å². The molecule has 0 unspecified atom stereocenters. The van der Waals surface area contributed by atoms with Crippen LogP contribution < -0.4 is 5.56 Å². The second kappa shape index (κ2) is 7.70. The first-order valence-electron chi connectivity index (χ1n) is 8.57. The molecule has 1 aromatic heterocycles. The van der Waals surface area contributed by atoms with E-state index in [0.29, 0.717) is 17.8 Å². The zero-order valence-corrected chi connectivity index (χ0v) is 14.2. The summed E-state index contributed by atoms with van der Waals surface area (Å²) >= 11 is 0. The standard InChI is InChI=1S/C19H22FN3O2/c1-13-10-15(18(24)11-14-4-2-3-5-16(14)20)6-9-23(13)12-17-19(25)22-8-7-21-17/h2-5,7-8,13,15H,6,9-12H2,1H3,(H,22,25)/t13-,15-/m1/s1. The van der Waals surface area contributed by atoms with E-state index >= 15 is 0 Å². The summed E-state index contributed by atoms with van der Waals surface area (Å²) in [5.74, 6) is -0.295. The molecule has 0 aliphatic carbocycles. The molecule has 0 bridgehead atoms. The fraction of sp³-hybridized carbons (Fsp3) is 0.421. The summed E-state index contributed by atoms with van der Waals surface area (Å²) in [6.45, 7) is 3.26. The highest BCUT2D eigenvalue weighted by atomic mass is 19.1. The minimum absolute atomic E-state index is 0.0622. The zero-order valence-electron chi connectivity index (χ0n) is 14.2. The molecule has 1 fully saturated rings. The highest BCUT2D eigenvalue weighted by Gasteiger charge is 2.30. The molecular weight excluding hydrogens is 321 g/mol. The lowest BCUT2D eigenvalue weighted by molar-refractivity contribution is -0.124. The van der Waals surface area contributed by atoms with Crippen molar-refractivity contribution in [3.05, 3.63) is 64.1 Å². The summed E-state index contributed by atoms with van der Waals surface area (Å²) in [6.07, 6.45) is 4.68. The summed E-state index contributed by atoms with van der Waals surface area (Å²) in [5.41, 5.74) is 0.778. The van der Waals surface area contributed by atoms with Crippen LogP contribution in [0.5, 0.6) is 0 Å². The first-order valence-corrected chi connectivity index (χ1v) is 8.57. The average Bonchev–Trinajstić information content (AvgIpc) is 2.60. The van der Waals surface area contributed by atoms with Gasteiger partial charge in [-0.3, -0.25) is 19.5 Å². The Hall–Kier alpha value is -2.34. The number of nitrogens with zero attached hydrogens (tertiary/aromatic N) is 2. The molecule has 0 saturated carbocycles. The third kappa shape index (κ3) is 4.20. The predicted molar refractivity (Wildman–Crippen MR) is 92.6 cm³/mol. The number of piperidine rings is 1. The third-order valence-electron chi connectivity index (χ3n) is 4.93. The van der Waals surface area contributed by atoms with Crippen LogP contribution in [0.4, 0.5) is 4.39 Å². The van der Waals surface area contributed by atoms with E-state index in [4.69, 9.17) is 0 Å². The molecule has 25 heavy (non-hydrogen) atoms. The summed E-state index contributed by atoms with van der Waals surface area (Å²) in [6, 6.07) is 6.60. The number of likely N-dealkylation sites (tertiary alicyclic amines) is 1. The molecule has 1 N–H and O–H groups in total. The van der Waals surface area contributed by atoms with E-state index in [0.717, 1.165) is 19.4 Å². The normalized spacial score (nSPS) is 21.2.